The van der Waals surface area contributed by atoms with E-state index in [1.807, 2.05) is 36.1 Å². The molecule has 0 aliphatic heterocycles. The van der Waals surface area contributed by atoms with E-state index in [-0.39, 0.29) is 0 Å². The number of anilines is 1. The second-order valence-electron chi connectivity index (χ2n) is 3.92. The molecule has 0 radical (unpaired) electrons. The number of aryl methyl sites for hydroxylation is 1. The highest BCUT2D eigenvalue weighted by atomic mass is 15.4. The van der Waals surface area contributed by atoms with Crippen LogP contribution in [-0.2, 0) is 13.6 Å². The largest absolute Gasteiger partial charge is 0.399 e. The van der Waals surface area contributed by atoms with Gasteiger partial charge in [-0.05, 0) is 18.2 Å². The predicted octanol–water partition coefficient (Wildman–Crippen LogP) is 0.795. The van der Waals surface area contributed by atoms with Crippen LogP contribution in [0.1, 0.15) is 5.82 Å². The second-order valence-corrected chi connectivity index (χ2v) is 3.92. The number of hydrogen-bond acceptors (Lipinski definition) is 4. The van der Waals surface area contributed by atoms with E-state index in [1.54, 1.807) is 4.68 Å². The third kappa shape index (κ3) is 1.63. The van der Waals surface area contributed by atoms with Crippen LogP contribution in [0.5, 0.6) is 0 Å². The monoisotopic (exact) mass is 228 g/mol. The van der Waals surface area contributed by atoms with Crippen LogP contribution in [-0.4, -0.2) is 24.5 Å². The first kappa shape index (κ1) is 9.83. The van der Waals surface area contributed by atoms with Gasteiger partial charge < -0.3 is 5.73 Å². The molecule has 0 aliphatic rings. The average Bonchev–Trinajstić information content (AvgIpc) is 2.88. The molecule has 17 heavy (non-hydrogen) atoms. The van der Waals surface area contributed by atoms with Crippen LogP contribution in [0, 0.1) is 0 Å². The standard InChI is InChI=1S/C11H12N6/c1-16-11(13-7-15-16)6-17-10-4-9(12)3-2-8(10)5-14-17/h2-5,7H,6,12H2,1H3. The number of nitrogens with two attached hydrogens (primary N) is 1. The predicted molar refractivity (Wildman–Crippen MR) is 64.3 cm³/mol. The molecule has 0 atom stereocenters. The molecule has 0 aliphatic carbocycles. The number of rotatable bonds is 2. The van der Waals surface area contributed by atoms with Crippen LogP contribution < -0.4 is 5.73 Å². The minimum atomic E-state index is 0.587. The summed E-state index contributed by atoms with van der Waals surface area (Å²) in [6.45, 7) is 0.587. The van der Waals surface area contributed by atoms with Gasteiger partial charge in [-0.15, -0.1) is 0 Å². The molecule has 86 valence electrons. The fourth-order valence-corrected chi connectivity index (χ4v) is 1.81. The number of fused-ring (bicyclic) bond motifs is 1. The van der Waals surface area contributed by atoms with E-state index in [9.17, 15) is 0 Å². The van der Waals surface area contributed by atoms with Gasteiger partial charge in [0.15, 0.2) is 0 Å². The molecule has 3 aromatic rings. The van der Waals surface area contributed by atoms with Gasteiger partial charge in [0.1, 0.15) is 18.7 Å². The van der Waals surface area contributed by atoms with Crippen molar-refractivity contribution in [3.8, 4) is 0 Å². The summed E-state index contributed by atoms with van der Waals surface area (Å²) in [5, 5.41) is 9.44. The fourth-order valence-electron chi connectivity index (χ4n) is 1.81. The number of nitrogens with zero attached hydrogens (tertiary/aromatic N) is 5. The third-order valence-electron chi connectivity index (χ3n) is 2.77. The Bertz CT molecular complexity index is 665. The summed E-state index contributed by atoms with van der Waals surface area (Å²) in [4.78, 5) is 4.18. The van der Waals surface area contributed by atoms with E-state index in [2.05, 4.69) is 15.2 Å². The lowest BCUT2D eigenvalue weighted by atomic mass is 10.2. The highest BCUT2D eigenvalue weighted by molar-refractivity contribution is 5.81. The lowest BCUT2D eigenvalue weighted by molar-refractivity contribution is 0.621. The van der Waals surface area contributed by atoms with Crippen molar-refractivity contribution in [1.82, 2.24) is 24.5 Å². The quantitative estimate of drug-likeness (QED) is 0.658. The summed E-state index contributed by atoms with van der Waals surface area (Å²) in [6.07, 6.45) is 3.36. The van der Waals surface area contributed by atoms with Crippen LogP contribution >= 0.6 is 0 Å². The van der Waals surface area contributed by atoms with Crippen molar-refractivity contribution in [2.75, 3.05) is 5.73 Å². The molecule has 0 bridgehead atoms. The maximum atomic E-state index is 5.78. The average molecular weight is 228 g/mol. The van der Waals surface area contributed by atoms with Gasteiger partial charge in [0.25, 0.3) is 0 Å². The zero-order valence-electron chi connectivity index (χ0n) is 9.41. The van der Waals surface area contributed by atoms with E-state index in [0.717, 1.165) is 22.4 Å². The van der Waals surface area contributed by atoms with E-state index in [4.69, 9.17) is 5.73 Å². The van der Waals surface area contributed by atoms with E-state index >= 15 is 0 Å². The van der Waals surface area contributed by atoms with Gasteiger partial charge in [-0.3, -0.25) is 9.36 Å². The highest BCUT2D eigenvalue weighted by Crippen LogP contribution is 2.17. The van der Waals surface area contributed by atoms with Gasteiger partial charge in [0.05, 0.1) is 11.7 Å². The van der Waals surface area contributed by atoms with Gasteiger partial charge in [-0.25, -0.2) is 4.98 Å². The van der Waals surface area contributed by atoms with Gasteiger partial charge in [-0.2, -0.15) is 10.2 Å². The summed E-state index contributed by atoms with van der Waals surface area (Å²) in [6, 6.07) is 5.75. The Labute approximate surface area is 97.7 Å². The molecule has 6 heteroatoms. The lowest BCUT2D eigenvalue weighted by Gasteiger charge is -2.03. The van der Waals surface area contributed by atoms with Crippen molar-refractivity contribution in [2.45, 2.75) is 6.54 Å². The van der Waals surface area contributed by atoms with Gasteiger partial charge in [0, 0.05) is 18.1 Å². The molecule has 0 amide bonds. The molecule has 0 fully saturated rings. The molecule has 3 rings (SSSR count). The van der Waals surface area contributed by atoms with Crippen LogP contribution in [0.2, 0.25) is 0 Å². The molecule has 0 saturated heterocycles. The summed E-state index contributed by atoms with van der Waals surface area (Å²) in [7, 11) is 1.86. The minimum absolute atomic E-state index is 0.587. The number of hydrogen-bond donors (Lipinski definition) is 1. The van der Waals surface area contributed by atoms with E-state index in [0.29, 0.717) is 6.54 Å². The van der Waals surface area contributed by atoms with Crippen molar-refractivity contribution in [1.29, 1.82) is 0 Å². The Morgan fingerprint density at radius 2 is 2.18 bits per heavy atom. The first-order valence-electron chi connectivity index (χ1n) is 5.28. The van der Waals surface area contributed by atoms with E-state index in [1.165, 1.54) is 6.33 Å². The van der Waals surface area contributed by atoms with Crippen LogP contribution in [0.15, 0.2) is 30.7 Å². The fraction of sp³-hybridized carbons (Fsp3) is 0.182. The Morgan fingerprint density at radius 3 is 2.94 bits per heavy atom. The van der Waals surface area contributed by atoms with Gasteiger partial charge >= 0.3 is 0 Å². The SMILES string of the molecule is Cn1ncnc1Cn1ncc2ccc(N)cc21. The maximum absolute atomic E-state index is 5.78. The van der Waals surface area contributed by atoms with Crippen LogP contribution in [0.4, 0.5) is 5.69 Å². The van der Waals surface area contributed by atoms with Gasteiger partial charge in [0.2, 0.25) is 0 Å². The summed E-state index contributed by atoms with van der Waals surface area (Å²) in [5.41, 5.74) is 7.52. The maximum Gasteiger partial charge on any atom is 0.148 e. The molecule has 6 nitrogen and oxygen atoms in total. The van der Waals surface area contributed by atoms with Crippen molar-refractivity contribution >= 4 is 16.6 Å². The van der Waals surface area contributed by atoms with Crippen molar-refractivity contribution in [3.63, 3.8) is 0 Å². The molecular weight excluding hydrogens is 216 g/mol. The van der Waals surface area contributed by atoms with Crippen molar-refractivity contribution in [2.24, 2.45) is 7.05 Å². The molecule has 0 unspecified atom stereocenters. The summed E-state index contributed by atoms with van der Waals surface area (Å²) in [5.74, 6) is 0.859. The molecule has 1 aromatic carbocycles. The van der Waals surface area contributed by atoms with Gasteiger partial charge in [-0.1, -0.05) is 0 Å². The number of aromatic nitrogens is 5. The number of nitrogen functional groups attached to an aromatic ring is 1. The molecular formula is C11H12N6. The first-order valence-corrected chi connectivity index (χ1v) is 5.28. The van der Waals surface area contributed by atoms with Crippen LogP contribution in [0.25, 0.3) is 10.9 Å². The Morgan fingerprint density at radius 1 is 1.29 bits per heavy atom. The Balaban J connectivity index is 2.06. The zero-order chi connectivity index (χ0) is 11.8. The molecule has 0 saturated carbocycles. The minimum Gasteiger partial charge on any atom is -0.399 e. The van der Waals surface area contributed by atoms with E-state index < -0.39 is 0 Å². The highest BCUT2D eigenvalue weighted by Gasteiger charge is 2.06. The molecule has 2 N–H and O–H groups in total. The topological polar surface area (TPSA) is 74.5 Å². The lowest BCUT2D eigenvalue weighted by Crippen LogP contribution is -2.08. The smallest absolute Gasteiger partial charge is 0.148 e. The first-order chi connectivity index (χ1) is 8.24. The molecule has 2 heterocycles. The summed E-state index contributed by atoms with van der Waals surface area (Å²) < 4.78 is 3.61. The zero-order valence-corrected chi connectivity index (χ0v) is 9.41. The van der Waals surface area contributed by atoms with Crippen LogP contribution in [0.3, 0.4) is 0 Å². The normalized spacial score (nSPS) is 11.1. The summed E-state index contributed by atoms with van der Waals surface area (Å²) >= 11 is 0. The Kier molecular flexibility index (Phi) is 2.07. The van der Waals surface area contributed by atoms with Crippen molar-refractivity contribution < 1.29 is 0 Å². The van der Waals surface area contributed by atoms with Crippen molar-refractivity contribution in [3.05, 3.63) is 36.5 Å². The molecule has 2 aromatic heterocycles. The number of benzene rings is 1. The third-order valence-corrected chi connectivity index (χ3v) is 2.77. The second kappa shape index (κ2) is 3.58. The molecule has 0 spiro atoms. The Hall–Kier alpha value is -2.37.